The Labute approximate surface area is 143 Å². The molecule has 4 nitrogen and oxygen atoms in total. The average molecular weight is 334 g/mol. The van der Waals surface area contributed by atoms with Crippen LogP contribution in [-0.4, -0.2) is 31.6 Å². The summed E-state index contributed by atoms with van der Waals surface area (Å²) in [4.78, 5) is 12.5. The molecule has 0 radical (unpaired) electrons. The zero-order valence-electron chi connectivity index (χ0n) is 14.1. The predicted molar refractivity (Wildman–Crippen MR) is 91.4 cm³/mol. The fraction of sp³-hybridized carbons (Fsp3) is 0.632. The van der Waals surface area contributed by atoms with Crippen LogP contribution in [0.15, 0.2) is 24.3 Å². The normalized spacial score (nSPS) is 25.2. The van der Waals surface area contributed by atoms with E-state index in [0.29, 0.717) is 18.4 Å². The first kappa shape index (κ1) is 17.2. The molecule has 2 atom stereocenters. The lowest BCUT2D eigenvalue weighted by Crippen LogP contribution is -2.48. The number of hydrogen-bond donors (Lipinski definition) is 2. The van der Waals surface area contributed by atoms with Crippen molar-refractivity contribution in [2.24, 2.45) is 11.8 Å². The SMILES string of the molecule is O=C(NC1CCCCC1)[C@H]1CNC[C@@H](COc2cccc(F)c2)C1. The minimum atomic E-state index is -0.293. The summed E-state index contributed by atoms with van der Waals surface area (Å²) in [5, 5.41) is 6.56. The molecule has 1 aliphatic heterocycles. The third-order valence-corrected chi connectivity index (χ3v) is 5.05. The number of ether oxygens (including phenoxy) is 1. The fourth-order valence-electron chi connectivity index (χ4n) is 3.69. The van der Waals surface area contributed by atoms with Gasteiger partial charge < -0.3 is 15.4 Å². The molecule has 2 N–H and O–H groups in total. The van der Waals surface area contributed by atoms with E-state index in [1.54, 1.807) is 12.1 Å². The van der Waals surface area contributed by atoms with Gasteiger partial charge in [0, 0.05) is 31.1 Å². The van der Waals surface area contributed by atoms with E-state index in [4.69, 9.17) is 4.74 Å². The first-order chi connectivity index (χ1) is 11.7. The van der Waals surface area contributed by atoms with E-state index >= 15 is 0 Å². The van der Waals surface area contributed by atoms with Crippen LogP contribution in [0.2, 0.25) is 0 Å². The van der Waals surface area contributed by atoms with Crippen LogP contribution in [0.3, 0.4) is 0 Å². The second kappa shape index (κ2) is 8.47. The average Bonchev–Trinajstić information content (AvgIpc) is 2.61. The van der Waals surface area contributed by atoms with Crippen molar-refractivity contribution in [3.8, 4) is 5.75 Å². The lowest BCUT2D eigenvalue weighted by atomic mass is 9.89. The third kappa shape index (κ3) is 4.94. The van der Waals surface area contributed by atoms with Crippen LogP contribution in [0.25, 0.3) is 0 Å². The van der Waals surface area contributed by atoms with Gasteiger partial charge in [0.05, 0.1) is 12.5 Å². The molecule has 1 heterocycles. The summed E-state index contributed by atoms with van der Waals surface area (Å²) in [7, 11) is 0. The molecule has 1 saturated heterocycles. The molecule has 3 rings (SSSR count). The van der Waals surface area contributed by atoms with Gasteiger partial charge in [0.15, 0.2) is 0 Å². The van der Waals surface area contributed by atoms with E-state index in [0.717, 1.165) is 32.4 Å². The van der Waals surface area contributed by atoms with Gasteiger partial charge in [0.25, 0.3) is 0 Å². The molecule has 1 aromatic rings. The van der Waals surface area contributed by atoms with Crippen molar-refractivity contribution >= 4 is 5.91 Å². The number of rotatable bonds is 5. The van der Waals surface area contributed by atoms with Gasteiger partial charge in [-0.15, -0.1) is 0 Å². The number of benzene rings is 1. The lowest BCUT2D eigenvalue weighted by Gasteiger charge is -2.31. The summed E-state index contributed by atoms with van der Waals surface area (Å²) in [5.74, 6) is 0.693. The second-order valence-electron chi connectivity index (χ2n) is 7.07. The fourth-order valence-corrected chi connectivity index (χ4v) is 3.69. The first-order valence-corrected chi connectivity index (χ1v) is 9.10. The Morgan fingerprint density at radius 2 is 2.08 bits per heavy atom. The number of halogens is 1. The molecule has 1 saturated carbocycles. The van der Waals surface area contributed by atoms with Crippen molar-refractivity contribution in [1.82, 2.24) is 10.6 Å². The Hall–Kier alpha value is -1.62. The number of carbonyl (C=O) groups is 1. The molecule has 132 valence electrons. The summed E-state index contributed by atoms with van der Waals surface area (Å²) in [5.41, 5.74) is 0. The number of hydrogen-bond acceptors (Lipinski definition) is 3. The standard InChI is InChI=1S/C19H27FN2O2/c20-16-5-4-8-18(10-16)24-13-14-9-15(12-21-11-14)19(23)22-17-6-2-1-3-7-17/h4-5,8,10,14-15,17,21H,1-3,6-7,9,11-13H2,(H,22,23)/t14-,15+/m0/s1. The topological polar surface area (TPSA) is 50.4 Å². The summed E-state index contributed by atoms with van der Waals surface area (Å²) in [6.07, 6.45) is 6.77. The quantitative estimate of drug-likeness (QED) is 0.870. The maximum Gasteiger partial charge on any atom is 0.224 e. The lowest BCUT2D eigenvalue weighted by molar-refractivity contribution is -0.127. The van der Waals surface area contributed by atoms with Crippen molar-refractivity contribution in [2.75, 3.05) is 19.7 Å². The Balaban J connectivity index is 1.45. The monoisotopic (exact) mass is 334 g/mol. The second-order valence-corrected chi connectivity index (χ2v) is 7.07. The summed E-state index contributed by atoms with van der Waals surface area (Å²) >= 11 is 0. The summed E-state index contributed by atoms with van der Waals surface area (Å²) in [6.45, 7) is 2.07. The summed E-state index contributed by atoms with van der Waals surface area (Å²) in [6, 6.07) is 6.55. The molecule has 24 heavy (non-hydrogen) atoms. The van der Waals surface area contributed by atoms with Crippen LogP contribution in [0.4, 0.5) is 4.39 Å². The van der Waals surface area contributed by atoms with Crippen LogP contribution in [0, 0.1) is 17.7 Å². The molecule has 5 heteroatoms. The molecular formula is C19H27FN2O2. The first-order valence-electron chi connectivity index (χ1n) is 9.10. The molecule has 0 spiro atoms. The van der Waals surface area contributed by atoms with Gasteiger partial charge in [-0.2, -0.15) is 0 Å². The largest absolute Gasteiger partial charge is 0.493 e. The number of piperidine rings is 1. The van der Waals surface area contributed by atoms with Gasteiger partial charge in [-0.25, -0.2) is 4.39 Å². The minimum Gasteiger partial charge on any atom is -0.493 e. The van der Waals surface area contributed by atoms with Crippen molar-refractivity contribution in [2.45, 2.75) is 44.6 Å². The van der Waals surface area contributed by atoms with E-state index in [-0.39, 0.29) is 23.6 Å². The highest BCUT2D eigenvalue weighted by molar-refractivity contribution is 5.79. The van der Waals surface area contributed by atoms with Crippen molar-refractivity contribution in [1.29, 1.82) is 0 Å². The van der Waals surface area contributed by atoms with Gasteiger partial charge in [0.2, 0.25) is 5.91 Å². The number of nitrogens with one attached hydrogen (secondary N) is 2. The van der Waals surface area contributed by atoms with Gasteiger partial charge in [-0.05, 0) is 31.4 Å². The Morgan fingerprint density at radius 1 is 1.25 bits per heavy atom. The van der Waals surface area contributed by atoms with Crippen LogP contribution in [-0.2, 0) is 4.79 Å². The van der Waals surface area contributed by atoms with Crippen LogP contribution in [0.5, 0.6) is 5.75 Å². The van der Waals surface area contributed by atoms with Crippen LogP contribution in [0.1, 0.15) is 38.5 Å². The maximum absolute atomic E-state index is 13.2. The molecule has 0 bridgehead atoms. The molecule has 0 unspecified atom stereocenters. The molecule has 1 aromatic carbocycles. The van der Waals surface area contributed by atoms with Gasteiger partial charge in [-0.1, -0.05) is 25.3 Å². The van der Waals surface area contributed by atoms with Gasteiger partial charge in [0.1, 0.15) is 11.6 Å². The Morgan fingerprint density at radius 3 is 2.88 bits per heavy atom. The highest BCUT2D eigenvalue weighted by Gasteiger charge is 2.29. The molecule has 2 fully saturated rings. The molecule has 1 aliphatic carbocycles. The molecule has 2 aliphatic rings. The smallest absolute Gasteiger partial charge is 0.224 e. The molecular weight excluding hydrogens is 307 g/mol. The third-order valence-electron chi connectivity index (χ3n) is 5.05. The van der Waals surface area contributed by atoms with Gasteiger partial charge >= 0.3 is 0 Å². The Bertz CT molecular complexity index is 546. The van der Waals surface area contributed by atoms with Crippen LogP contribution >= 0.6 is 0 Å². The molecule has 0 aromatic heterocycles. The zero-order chi connectivity index (χ0) is 16.8. The minimum absolute atomic E-state index is 0.00165. The highest BCUT2D eigenvalue weighted by Crippen LogP contribution is 2.22. The van der Waals surface area contributed by atoms with E-state index < -0.39 is 0 Å². The predicted octanol–water partition coefficient (Wildman–Crippen LogP) is 2.88. The van der Waals surface area contributed by atoms with E-state index in [9.17, 15) is 9.18 Å². The van der Waals surface area contributed by atoms with E-state index in [2.05, 4.69) is 10.6 Å². The maximum atomic E-state index is 13.2. The Kier molecular flexibility index (Phi) is 6.07. The van der Waals surface area contributed by atoms with Gasteiger partial charge in [-0.3, -0.25) is 4.79 Å². The van der Waals surface area contributed by atoms with E-state index in [1.165, 1.54) is 31.4 Å². The number of carbonyl (C=O) groups excluding carboxylic acids is 1. The van der Waals surface area contributed by atoms with E-state index in [1.807, 2.05) is 0 Å². The number of amides is 1. The molecule has 1 amide bonds. The van der Waals surface area contributed by atoms with Crippen molar-refractivity contribution in [3.05, 3.63) is 30.1 Å². The zero-order valence-corrected chi connectivity index (χ0v) is 14.1. The summed E-state index contributed by atoms with van der Waals surface area (Å²) < 4.78 is 18.9. The van der Waals surface area contributed by atoms with Crippen molar-refractivity contribution < 1.29 is 13.9 Å². The van der Waals surface area contributed by atoms with Crippen LogP contribution < -0.4 is 15.4 Å². The van der Waals surface area contributed by atoms with Crippen molar-refractivity contribution in [3.63, 3.8) is 0 Å². The highest BCUT2D eigenvalue weighted by atomic mass is 19.1.